The number of anilines is 1. The highest BCUT2D eigenvalue weighted by Gasteiger charge is 2.38. The number of fused-ring (bicyclic) bond motifs is 1. The monoisotopic (exact) mass is 407 g/mol. The molecule has 1 saturated heterocycles. The van der Waals surface area contributed by atoms with Crippen LogP contribution < -0.4 is 10.2 Å². The van der Waals surface area contributed by atoms with Crippen molar-refractivity contribution in [1.82, 2.24) is 9.62 Å². The average Bonchev–Trinajstić information content (AvgIpc) is 3.11. The Labute approximate surface area is 167 Å². The topological polar surface area (TPSA) is 86.8 Å². The van der Waals surface area contributed by atoms with Crippen LogP contribution in [0.25, 0.3) is 0 Å². The van der Waals surface area contributed by atoms with E-state index in [0.29, 0.717) is 31.7 Å². The number of hydrogen-bond donors (Lipinski definition) is 1. The van der Waals surface area contributed by atoms with E-state index < -0.39 is 16.1 Å². The molecule has 1 aromatic rings. The van der Waals surface area contributed by atoms with Gasteiger partial charge >= 0.3 is 0 Å². The lowest BCUT2D eigenvalue weighted by Crippen LogP contribution is -2.48. The Balaban J connectivity index is 1.92. The first-order valence-corrected chi connectivity index (χ1v) is 11.6. The van der Waals surface area contributed by atoms with E-state index in [1.165, 1.54) is 9.21 Å². The van der Waals surface area contributed by atoms with Crippen molar-refractivity contribution in [2.24, 2.45) is 0 Å². The third kappa shape index (κ3) is 3.93. The van der Waals surface area contributed by atoms with Crippen LogP contribution in [0.4, 0.5) is 5.69 Å². The number of nitrogens with one attached hydrogen (secondary N) is 1. The summed E-state index contributed by atoms with van der Waals surface area (Å²) in [5.41, 5.74) is 1.37. The Morgan fingerprint density at radius 1 is 1.14 bits per heavy atom. The zero-order valence-corrected chi connectivity index (χ0v) is 17.4. The third-order valence-corrected chi connectivity index (χ3v) is 7.31. The highest BCUT2D eigenvalue weighted by atomic mass is 32.2. The number of carbonyl (C=O) groups excluding carboxylic acids is 2. The largest absolute Gasteiger partial charge is 0.354 e. The van der Waals surface area contributed by atoms with Gasteiger partial charge in [-0.2, -0.15) is 4.31 Å². The summed E-state index contributed by atoms with van der Waals surface area (Å²) >= 11 is 0. The highest BCUT2D eigenvalue weighted by molar-refractivity contribution is 7.89. The smallest absolute Gasteiger partial charge is 0.243 e. The van der Waals surface area contributed by atoms with E-state index in [2.05, 4.69) is 5.32 Å². The summed E-state index contributed by atoms with van der Waals surface area (Å²) < 4.78 is 27.5. The van der Waals surface area contributed by atoms with Gasteiger partial charge in [-0.25, -0.2) is 8.42 Å². The minimum Gasteiger partial charge on any atom is -0.354 e. The van der Waals surface area contributed by atoms with Crippen LogP contribution in [-0.4, -0.2) is 50.2 Å². The van der Waals surface area contributed by atoms with E-state index in [-0.39, 0.29) is 23.1 Å². The number of benzene rings is 1. The van der Waals surface area contributed by atoms with Gasteiger partial charge in [-0.05, 0) is 43.0 Å². The Kier molecular flexibility index (Phi) is 6.40. The molecule has 1 N–H and O–H groups in total. The molecule has 0 aromatic heterocycles. The van der Waals surface area contributed by atoms with Crippen LogP contribution in [0.1, 0.15) is 51.5 Å². The van der Waals surface area contributed by atoms with Crippen LogP contribution in [0, 0.1) is 0 Å². The van der Waals surface area contributed by atoms with Gasteiger partial charge in [0, 0.05) is 38.2 Å². The summed E-state index contributed by atoms with van der Waals surface area (Å²) in [6.45, 7) is 5.37. The molecule has 28 heavy (non-hydrogen) atoms. The van der Waals surface area contributed by atoms with Crippen molar-refractivity contribution in [1.29, 1.82) is 0 Å². The molecule has 0 saturated carbocycles. The molecular weight excluding hydrogens is 378 g/mol. The van der Waals surface area contributed by atoms with Crippen LogP contribution in [0.15, 0.2) is 23.1 Å². The van der Waals surface area contributed by atoms with Gasteiger partial charge in [-0.1, -0.05) is 20.3 Å². The average molecular weight is 408 g/mol. The second-order valence-corrected chi connectivity index (χ2v) is 9.32. The molecule has 1 unspecified atom stereocenters. The van der Waals surface area contributed by atoms with Crippen LogP contribution in [0.3, 0.4) is 0 Å². The molecule has 1 fully saturated rings. The maximum atomic E-state index is 13.0. The normalized spacial score (nSPS) is 20.1. The number of hydrogen-bond acceptors (Lipinski definition) is 4. The number of carbonyl (C=O) groups is 2. The number of rotatable bonds is 6. The molecule has 2 aliphatic rings. The molecule has 7 nitrogen and oxygen atoms in total. The molecule has 0 spiro atoms. The van der Waals surface area contributed by atoms with Crippen molar-refractivity contribution in [2.45, 2.75) is 63.3 Å². The fourth-order valence-corrected chi connectivity index (χ4v) is 5.47. The highest BCUT2D eigenvalue weighted by Crippen LogP contribution is 2.35. The first-order chi connectivity index (χ1) is 13.4. The lowest BCUT2D eigenvalue weighted by atomic mass is 10.1. The Hall–Kier alpha value is -1.93. The minimum atomic E-state index is -3.55. The predicted molar refractivity (Wildman–Crippen MR) is 108 cm³/mol. The molecule has 2 aliphatic heterocycles. The predicted octanol–water partition coefficient (Wildman–Crippen LogP) is 2.06. The maximum absolute atomic E-state index is 13.0. The number of nitrogens with zero attached hydrogens (tertiary/aromatic N) is 2. The van der Waals surface area contributed by atoms with E-state index in [1.54, 1.807) is 25.1 Å². The zero-order chi connectivity index (χ0) is 20.3. The van der Waals surface area contributed by atoms with E-state index in [4.69, 9.17) is 0 Å². The molecule has 2 heterocycles. The first kappa shape index (κ1) is 20.8. The molecule has 8 heteroatoms. The number of amides is 2. The molecule has 0 radical (unpaired) electrons. The lowest BCUT2D eigenvalue weighted by Gasteiger charge is -2.26. The van der Waals surface area contributed by atoms with Crippen molar-refractivity contribution < 1.29 is 18.0 Å². The van der Waals surface area contributed by atoms with Gasteiger partial charge in [-0.3, -0.25) is 14.5 Å². The van der Waals surface area contributed by atoms with Crippen molar-refractivity contribution in [3.63, 3.8) is 0 Å². The standard InChI is InChI=1S/C20H29N3O4S/c1-3-10-21-20(25)18-14-15-13-16(8-9-17(15)23(18)19(24)4-2)28(26,27)22-11-6-5-7-12-22/h8-9,13,18H,3-7,10-12,14H2,1-2H3,(H,21,25). The Morgan fingerprint density at radius 3 is 2.50 bits per heavy atom. The van der Waals surface area contributed by atoms with Crippen molar-refractivity contribution in [2.75, 3.05) is 24.5 Å². The van der Waals surface area contributed by atoms with Gasteiger partial charge in [-0.15, -0.1) is 0 Å². The Bertz CT molecular complexity index is 847. The molecule has 3 rings (SSSR count). The molecule has 1 atom stereocenters. The van der Waals surface area contributed by atoms with Crippen LogP contribution in [0.5, 0.6) is 0 Å². The fraction of sp³-hybridized carbons (Fsp3) is 0.600. The summed E-state index contributed by atoms with van der Waals surface area (Å²) in [6, 6.07) is 4.25. The van der Waals surface area contributed by atoms with Crippen LogP contribution in [-0.2, 0) is 26.0 Å². The molecule has 0 bridgehead atoms. The SMILES string of the molecule is CCCNC(=O)C1Cc2cc(S(=O)(=O)N3CCCCC3)ccc2N1C(=O)CC. The van der Waals surface area contributed by atoms with Gasteiger partial charge in [0.25, 0.3) is 0 Å². The molecule has 154 valence electrons. The van der Waals surface area contributed by atoms with Gasteiger partial charge in [0.05, 0.1) is 4.90 Å². The van der Waals surface area contributed by atoms with E-state index in [9.17, 15) is 18.0 Å². The molecule has 2 amide bonds. The van der Waals surface area contributed by atoms with Crippen LogP contribution >= 0.6 is 0 Å². The second-order valence-electron chi connectivity index (χ2n) is 7.38. The molecular formula is C20H29N3O4S. The quantitative estimate of drug-likeness (QED) is 0.782. The van der Waals surface area contributed by atoms with Gasteiger partial charge < -0.3 is 5.32 Å². The fourth-order valence-electron chi connectivity index (χ4n) is 3.90. The van der Waals surface area contributed by atoms with Crippen molar-refractivity contribution >= 4 is 27.5 Å². The summed E-state index contributed by atoms with van der Waals surface area (Å²) in [5, 5.41) is 2.86. The summed E-state index contributed by atoms with van der Waals surface area (Å²) in [6.07, 6.45) is 4.24. The van der Waals surface area contributed by atoms with Gasteiger partial charge in [0.2, 0.25) is 21.8 Å². The minimum absolute atomic E-state index is 0.137. The first-order valence-electron chi connectivity index (χ1n) is 10.1. The second kappa shape index (κ2) is 8.61. The van der Waals surface area contributed by atoms with Crippen LogP contribution in [0.2, 0.25) is 0 Å². The van der Waals surface area contributed by atoms with Crippen molar-refractivity contribution in [3.8, 4) is 0 Å². The van der Waals surface area contributed by atoms with E-state index in [0.717, 1.165) is 31.2 Å². The molecule has 1 aromatic carbocycles. The number of sulfonamides is 1. The van der Waals surface area contributed by atoms with Crippen molar-refractivity contribution in [3.05, 3.63) is 23.8 Å². The van der Waals surface area contributed by atoms with E-state index >= 15 is 0 Å². The zero-order valence-electron chi connectivity index (χ0n) is 16.6. The van der Waals surface area contributed by atoms with E-state index in [1.807, 2.05) is 6.92 Å². The van der Waals surface area contributed by atoms with Gasteiger partial charge in [0.1, 0.15) is 6.04 Å². The summed E-state index contributed by atoms with van der Waals surface area (Å²) in [5.74, 6) is -0.331. The number of piperidine rings is 1. The summed E-state index contributed by atoms with van der Waals surface area (Å²) in [7, 11) is -3.55. The van der Waals surface area contributed by atoms with Gasteiger partial charge in [0.15, 0.2) is 0 Å². The Morgan fingerprint density at radius 2 is 1.86 bits per heavy atom. The maximum Gasteiger partial charge on any atom is 0.243 e. The molecule has 0 aliphatic carbocycles. The lowest BCUT2D eigenvalue weighted by molar-refractivity contribution is -0.126. The third-order valence-electron chi connectivity index (χ3n) is 5.41. The summed E-state index contributed by atoms with van der Waals surface area (Å²) in [4.78, 5) is 26.9.